The second-order valence-corrected chi connectivity index (χ2v) is 7.67. The molecule has 2 atom stereocenters. The fraction of sp³-hybridized carbons (Fsp3) is 0.440. The summed E-state index contributed by atoms with van der Waals surface area (Å²) in [6.07, 6.45) is 5.52. The molecule has 29 heavy (non-hydrogen) atoms. The van der Waals surface area contributed by atoms with E-state index in [0.717, 1.165) is 18.8 Å². The fourth-order valence-corrected chi connectivity index (χ4v) is 3.26. The molecule has 158 valence electrons. The number of nitrogens with two attached hydrogens (primary N) is 1. The standard InChI is InChI=1S/C12H13FO.C11H16.C2H5NO/c13-12-7-2-1-6-11(12)9-4-3-5-10(14)8-9;1-3-10(2)9-11-7-5-4-6-8-11;1-2(3)4/h1-2,6-7,9H,3-5,8H2;4-8,10H,3,9H2,1-2H3;1H3,(H2,3,4). The monoisotopic (exact) mass is 399 g/mol. The molecule has 0 bridgehead atoms. The lowest BCUT2D eigenvalue weighted by molar-refractivity contribution is -0.120. The summed E-state index contributed by atoms with van der Waals surface area (Å²) in [5.74, 6) is 0.687. The molecule has 1 amide bonds. The molecule has 2 unspecified atom stereocenters. The summed E-state index contributed by atoms with van der Waals surface area (Å²) in [6.45, 7) is 5.85. The minimum atomic E-state index is -0.333. The van der Waals surface area contributed by atoms with Gasteiger partial charge in [-0.1, -0.05) is 68.8 Å². The van der Waals surface area contributed by atoms with Crippen LogP contribution in [0.15, 0.2) is 54.6 Å². The van der Waals surface area contributed by atoms with Crippen molar-refractivity contribution in [1.82, 2.24) is 0 Å². The van der Waals surface area contributed by atoms with Crippen molar-refractivity contribution in [2.75, 3.05) is 0 Å². The van der Waals surface area contributed by atoms with E-state index in [1.54, 1.807) is 12.1 Å². The van der Waals surface area contributed by atoms with Crippen LogP contribution in [-0.4, -0.2) is 11.7 Å². The van der Waals surface area contributed by atoms with E-state index in [4.69, 9.17) is 0 Å². The van der Waals surface area contributed by atoms with Gasteiger partial charge in [0, 0.05) is 19.8 Å². The summed E-state index contributed by atoms with van der Waals surface area (Å²) < 4.78 is 13.4. The van der Waals surface area contributed by atoms with Crippen LogP contribution < -0.4 is 5.73 Å². The molecule has 1 aliphatic carbocycles. The van der Waals surface area contributed by atoms with E-state index >= 15 is 0 Å². The first-order valence-electron chi connectivity index (χ1n) is 10.4. The van der Waals surface area contributed by atoms with Gasteiger partial charge in [0.15, 0.2) is 0 Å². The normalized spacial score (nSPS) is 16.6. The van der Waals surface area contributed by atoms with E-state index < -0.39 is 0 Å². The number of ketones is 1. The van der Waals surface area contributed by atoms with Crippen LogP contribution in [0.2, 0.25) is 0 Å². The zero-order chi connectivity index (χ0) is 21.6. The highest BCUT2D eigenvalue weighted by atomic mass is 19.1. The second-order valence-electron chi connectivity index (χ2n) is 7.67. The summed E-state index contributed by atoms with van der Waals surface area (Å²) in [6, 6.07) is 17.5. The van der Waals surface area contributed by atoms with Crippen molar-refractivity contribution in [1.29, 1.82) is 0 Å². The number of carbonyl (C=O) groups is 2. The van der Waals surface area contributed by atoms with Crippen LogP contribution in [0.5, 0.6) is 0 Å². The molecule has 2 aromatic rings. The molecule has 2 aromatic carbocycles. The number of hydrogen-bond donors (Lipinski definition) is 1. The highest BCUT2D eigenvalue weighted by Crippen LogP contribution is 2.32. The average molecular weight is 400 g/mol. The number of primary amides is 1. The molecule has 0 saturated heterocycles. The lowest BCUT2D eigenvalue weighted by atomic mass is 9.83. The zero-order valence-electron chi connectivity index (χ0n) is 17.9. The molecular weight excluding hydrogens is 365 g/mol. The molecule has 0 heterocycles. The first-order chi connectivity index (χ1) is 13.8. The third kappa shape index (κ3) is 10.6. The Balaban J connectivity index is 0.000000251. The smallest absolute Gasteiger partial charge is 0.214 e. The molecule has 1 aliphatic rings. The van der Waals surface area contributed by atoms with E-state index in [9.17, 15) is 14.0 Å². The number of benzene rings is 2. The number of amides is 1. The molecule has 0 radical (unpaired) electrons. The van der Waals surface area contributed by atoms with Gasteiger partial charge in [0.05, 0.1) is 0 Å². The Morgan fingerprint density at radius 3 is 2.28 bits per heavy atom. The number of carbonyl (C=O) groups excluding carboxylic acids is 2. The number of hydrogen-bond acceptors (Lipinski definition) is 2. The van der Waals surface area contributed by atoms with Crippen LogP contribution in [0, 0.1) is 11.7 Å². The van der Waals surface area contributed by atoms with Gasteiger partial charge in [0.1, 0.15) is 11.6 Å². The highest BCUT2D eigenvalue weighted by Gasteiger charge is 2.22. The predicted molar refractivity (Wildman–Crippen MR) is 117 cm³/mol. The largest absolute Gasteiger partial charge is 0.370 e. The topological polar surface area (TPSA) is 60.2 Å². The minimum Gasteiger partial charge on any atom is -0.370 e. The highest BCUT2D eigenvalue weighted by molar-refractivity contribution is 5.80. The van der Waals surface area contributed by atoms with Gasteiger partial charge in [-0.2, -0.15) is 0 Å². The fourth-order valence-electron chi connectivity index (χ4n) is 3.26. The molecule has 3 nitrogen and oxygen atoms in total. The average Bonchev–Trinajstić information content (AvgIpc) is 2.69. The Morgan fingerprint density at radius 2 is 1.72 bits per heavy atom. The van der Waals surface area contributed by atoms with Crippen LogP contribution >= 0.6 is 0 Å². The Morgan fingerprint density at radius 1 is 1.14 bits per heavy atom. The van der Waals surface area contributed by atoms with Crippen LogP contribution in [-0.2, 0) is 16.0 Å². The molecule has 2 N–H and O–H groups in total. The van der Waals surface area contributed by atoms with Gasteiger partial charge in [-0.05, 0) is 48.3 Å². The van der Waals surface area contributed by atoms with E-state index in [0.29, 0.717) is 18.4 Å². The van der Waals surface area contributed by atoms with E-state index in [-0.39, 0.29) is 23.4 Å². The van der Waals surface area contributed by atoms with Crippen LogP contribution in [0.3, 0.4) is 0 Å². The lowest BCUT2D eigenvalue weighted by Gasteiger charge is -2.21. The maximum absolute atomic E-state index is 13.4. The molecule has 0 aromatic heterocycles. The van der Waals surface area contributed by atoms with Gasteiger partial charge in [0.2, 0.25) is 5.91 Å². The molecule has 0 aliphatic heterocycles. The van der Waals surface area contributed by atoms with Gasteiger partial charge in [-0.15, -0.1) is 0 Å². The van der Waals surface area contributed by atoms with Gasteiger partial charge in [-0.3, -0.25) is 9.59 Å². The SMILES string of the molecule is CC(N)=O.CCC(C)Cc1ccccc1.O=C1CCCC(c2ccccc2F)C1. The quantitative estimate of drug-likeness (QED) is 0.704. The summed E-state index contributed by atoms with van der Waals surface area (Å²) in [4.78, 5) is 20.5. The third-order valence-electron chi connectivity index (χ3n) is 4.95. The van der Waals surface area contributed by atoms with Crippen molar-refractivity contribution in [3.8, 4) is 0 Å². The van der Waals surface area contributed by atoms with E-state index in [1.807, 2.05) is 6.07 Å². The Bertz CT molecular complexity index is 741. The number of halogens is 1. The van der Waals surface area contributed by atoms with Crippen LogP contribution in [0.1, 0.15) is 69.9 Å². The van der Waals surface area contributed by atoms with Crippen molar-refractivity contribution < 1.29 is 14.0 Å². The molecule has 0 spiro atoms. The maximum atomic E-state index is 13.4. The van der Waals surface area contributed by atoms with Crippen molar-refractivity contribution in [2.45, 2.75) is 65.2 Å². The first-order valence-corrected chi connectivity index (χ1v) is 10.4. The van der Waals surface area contributed by atoms with Gasteiger partial charge in [0.25, 0.3) is 0 Å². The van der Waals surface area contributed by atoms with E-state index in [2.05, 4.69) is 49.9 Å². The summed E-state index contributed by atoms with van der Waals surface area (Å²) in [5.41, 5.74) is 6.64. The number of Topliss-reactive ketones (excluding diaryl/α,β-unsaturated/α-hetero) is 1. The first kappa shape index (κ1) is 24.5. The molecule has 1 saturated carbocycles. The molecule has 4 heteroatoms. The van der Waals surface area contributed by atoms with Crippen molar-refractivity contribution in [3.63, 3.8) is 0 Å². The van der Waals surface area contributed by atoms with Crippen LogP contribution in [0.4, 0.5) is 4.39 Å². The van der Waals surface area contributed by atoms with Crippen LogP contribution in [0.25, 0.3) is 0 Å². The predicted octanol–water partition coefficient (Wildman–Crippen LogP) is 5.82. The Labute approximate surface area is 174 Å². The zero-order valence-corrected chi connectivity index (χ0v) is 17.9. The maximum Gasteiger partial charge on any atom is 0.214 e. The second kappa shape index (κ2) is 13.6. The third-order valence-corrected chi connectivity index (χ3v) is 4.95. The van der Waals surface area contributed by atoms with Crippen molar-refractivity contribution >= 4 is 11.7 Å². The van der Waals surface area contributed by atoms with E-state index in [1.165, 1.54) is 31.4 Å². The Hall–Kier alpha value is -2.49. The Kier molecular flexibility index (Phi) is 11.6. The van der Waals surface area contributed by atoms with Crippen molar-refractivity contribution in [3.05, 3.63) is 71.5 Å². The minimum absolute atomic E-state index is 0.109. The van der Waals surface area contributed by atoms with Gasteiger partial charge in [-0.25, -0.2) is 4.39 Å². The van der Waals surface area contributed by atoms with Crippen molar-refractivity contribution in [2.24, 2.45) is 11.7 Å². The summed E-state index contributed by atoms with van der Waals surface area (Å²) in [5, 5.41) is 0. The molecular formula is C25H34FNO2. The molecule has 3 rings (SSSR count). The number of rotatable bonds is 4. The van der Waals surface area contributed by atoms with Gasteiger partial charge >= 0.3 is 0 Å². The van der Waals surface area contributed by atoms with Gasteiger partial charge < -0.3 is 5.73 Å². The summed E-state index contributed by atoms with van der Waals surface area (Å²) >= 11 is 0. The lowest BCUT2D eigenvalue weighted by Crippen LogP contribution is -2.14. The summed E-state index contributed by atoms with van der Waals surface area (Å²) in [7, 11) is 0. The molecule has 1 fully saturated rings.